The van der Waals surface area contributed by atoms with Gasteiger partial charge in [-0.2, -0.15) is 13.5 Å². The zero-order valence-electron chi connectivity index (χ0n) is 16.7. The first-order chi connectivity index (χ1) is 15.2. The molecule has 1 aliphatic heterocycles. The van der Waals surface area contributed by atoms with Crippen LogP contribution in [0.4, 0.5) is 10.8 Å². The molecule has 0 saturated carbocycles. The van der Waals surface area contributed by atoms with Crippen LogP contribution in [0.3, 0.4) is 0 Å². The van der Waals surface area contributed by atoms with E-state index < -0.39 is 15.0 Å². The SMILES string of the molecule is Cn1cc(-c2ccc3nc(N4CC(c5cc([N+](=O)[O-])ccc5S(=O)(=O)O)C4)sc3c2)cn1. The molecule has 1 fully saturated rings. The zero-order valence-corrected chi connectivity index (χ0v) is 18.4. The van der Waals surface area contributed by atoms with Crippen molar-refractivity contribution in [1.29, 1.82) is 0 Å². The number of aromatic nitrogens is 3. The molecule has 0 aliphatic carbocycles. The highest BCUT2D eigenvalue weighted by Crippen LogP contribution is 2.40. The van der Waals surface area contributed by atoms with Crippen LogP contribution >= 0.6 is 11.3 Å². The second-order valence-electron chi connectivity index (χ2n) is 7.64. The van der Waals surface area contributed by atoms with E-state index in [1.165, 1.54) is 17.4 Å². The minimum absolute atomic E-state index is 0.214. The summed E-state index contributed by atoms with van der Waals surface area (Å²) in [5, 5.41) is 16.1. The third-order valence-corrected chi connectivity index (χ3v) is 7.50. The van der Waals surface area contributed by atoms with Crippen molar-refractivity contribution in [3.8, 4) is 11.1 Å². The molecule has 1 aliphatic rings. The third-order valence-electron chi connectivity index (χ3n) is 5.49. The van der Waals surface area contributed by atoms with E-state index in [1.807, 2.05) is 30.3 Å². The molecule has 2 aromatic carbocycles. The van der Waals surface area contributed by atoms with E-state index in [0.29, 0.717) is 13.1 Å². The van der Waals surface area contributed by atoms with Crippen LogP contribution < -0.4 is 4.90 Å². The number of thiazole rings is 1. The highest BCUT2D eigenvalue weighted by Gasteiger charge is 2.35. The number of aryl methyl sites for hydroxylation is 1. The van der Waals surface area contributed by atoms with Gasteiger partial charge in [-0.3, -0.25) is 19.3 Å². The Morgan fingerprint density at radius 1 is 1.19 bits per heavy atom. The molecule has 164 valence electrons. The van der Waals surface area contributed by atoms with E-state index in [2.05, 4.69) is 16.1 Å². The minimum atomic E-state index is -4.49. The lowest BCUT2D eigenvalue weighted by Crippen LogP contribution is -2.45. The lowest BCUT2D eigenvalue weighted by atomic mass is 9.91. The van der Waals surface area contributed by atoms with Crippen LogP contribution in [0.5, 0.6) is 0 Å². The minimum Gasteiger partial charge on any atom is -0.347 e. The summed E-state index contributed by atoms with van der Waals surface area (Å²) in [4.78, 5) is 16.9. The second kappa shape index (κ2) is 7.36. The molecule has 0 atom stereocenters. The Bertz CT molecular complexity index is 1470. The fraction of sp³-hybridized carbons (Fsp3) is 0.200. The molecule has 1 N–H and O–H groups in total. The molecule has 12 heteroatoms. The standard InChI is InChI=1S/C20H17N5O5S2/c1-23-9-13(8-21-23)12-2-4-17-18(6-12)31-20(22-17)24-10-14(11-24)16-7-15(25(26)27)3-5-19(16)32(28,29)30/h2-9,14H,10-11H2,1H3,(H,28,29,30). The van der Waals surface area contributed by atoms with Crippen molar-refractivity contribution in [3.63, 3.8) is 0 Å². The Morgan fingerprint density at radius 2 is 1.97 bits per heavy atom. The van der Waals surface area contributed by atoms with Crippen LogP contribution in [-0.4, -0.2) is 45.7 Å². The molecular formula is C20H17N5O5S2. The number of nitro benzene ring substituents is 1. The predicted molar refractivity (Wildman–Crippen MR) is 120 cm³/mol. The number of anilines is 1. The Labute approximate surface area is 186 Å². The predicted octanol–water partition coefficient (Wildman–Crippen LogP) is 3.46. The van der Waals surface area contributed by atoms with Crippen molar-refractivity contribution >= 4 is 42.5 Å². The number of nitrogens with zero attached hydrogens (tertiary/aromatic N) is 5. The van der Waals surface area contributed by atoms with Crippen molar-refractivity contribution in [2.45, 2.75) is 10.8 Å². The molecule has 0 bridgehead atoms. The van der Waals surface area contributed by atoms with Gasteiger partial charge in [0.1, 0.15) is 0 Å². The first-order valence-electron chi connectivity index (χ1n) is 9.59. The number of rotatable bonds is 5. The molecule has 5 rings (SSSR count). The van der Waals surface area contributed by atoms with Crippen molar-refractivity contribution < 1.29 is 17.9 Å². The summed E-state index contributed by atoms with van der Waals surface area (Å²) < 4.78 is 35.8. The van der Waals surface area contributed by atoms with Gasteiger partial charge in [-0.25, -0.2) is 4.98 Å². The highest BCUT2D eigenvalue weighted by atomic mass is 32.2. The van der Waals surface area contributed by atoms with Gasteiger partial charge < -0.3 is 4.90 Å². The van der Waals surface area contributed by atoms with Gasteiger partial charge in [0, 0.05) is 49.9 Å². The molecule has 4 aromatic rings. The van der Waals surface area contributed by atoms with Gasteiger partial charge in [-0.1, -0.05) is 17.4 Å². The maximum atomic E-state index is 11.8. The number of fused-ring (bicyclic) bond motifs is 1. The largest absolute Gasteiger partial charge is 0.347 e. The number of hydrogen-bond acceptors (Lipinski definition) is 8. The van der Waals surface area contributed by atoms with Gasteiger partial charge in [-0.05, 0) is 29.3 Å². The zero-order chi connectivity index (χ0) is 22.6. The Morgan fingerprint density at radius 3 is 2.62 bits per heavy atom. The maximum absolute atomic E-state index is 11.8. The molecule has 0 amide bonds. The molecule has 0 spiro atoms. The highest BCUT2D eigenvalue weighted by molar-refractivity contribution is 7.85. The number of benzene rings is 2. The number of non-ortho nitro benzene ring substituents is 1. The smallest absolute Gasteiger partial charge is 0.294 e. The Hall–Kier alpha value is -3.35. The van der Waals surface area contributed by atoms with Gasteiger partial charge in [0.05, 0.1) is 26.2 Å². The topological polar surface area (TPSA) is 131 Å². The van der Waals surface area contributed by atoms with E-state index in [0.717, 1.165) is 38.6 Å². The van der Waals surface area contributed by atoms with Crippen LogP contribution in [0.15, 0.2) is 53.7 Å². The van der Waals surface area contributed by atoms with Crippen LogP contribution in [0, 0.1) is 10.1 Å². The van der Waals surface area contributed by atoms with Gasteiger partial charge >= 0.3 is 0 Å². The Balaban J connectivity index is 1.41. The molecule has 10 nitrogen and oxygen atoms in total. The average molecular weight is 472 g/mol. The molecule has 2 aromatic heterocycles. The molecule has 32 heavy (non-hydrogen) atoms. The summed E-state index contributed by atoms with van der Waals surface area (Å²) in [6.07, 6.45) is 3.74. The number of hydrogen-bond donors (Lipinski definition) is 1. The first kappa shape index (κ1) is 20.5. The first-order valence-corrected chi connectivity index (χ1v) is 11.8. The molecule has 3 heterocycles. The number of nitro groups is 1. The monoisotopic (exact) mass is 471 g/mol. The average Bonchev–Trinajstić information content (AvgIpc) is 3.31. The van der Waals surface area contributed by atoms with Crippen molar-refractivity contribution in [2.24, 2.45) is 7.05 Å². The summed E-state index contributed by atoms with van der Waals surface area (Å²) >= 11 is 1.52. The van der Waals surface area contributed by atoms with Crippen LogP contribution in [0.25, 0.3) is 21.3 Å². The molecular weight excluding hydrogens is 454 g/mol. The van der Waals surface area contributed by atoms with E-state index in [-0.39, 0.29) is 22.1 Å². The molecule has 0 unspecified atom stereocenters. The summed E-state index contributed by atoms with van der Waals surface area (Å²) in [5.74, 6) is -0.273. The van der Waals surface area contributed by atoms with Gasteiger partial charge in [-0.15, -0.1) is 0 Å². The fourth-order valence-corrected chi connectivity index (χ4v) is 5.62. The van der Waals surface area contributed by atoms with Gasteiger partial charge in [0.2, 0.25) is 0 Å². The van der Waals surface area contributed by atoms with Crippen LogP contribution in [-0.2, 0) is 17.2 Å². The fourth-order valence-electron chi connectivity index (χ4n) is 3.83. The summed E-state index contributed by atoms with van der Waals surface area (Å²) in [6, 6.07) is 9.39. The molecule has 1 saturated heterocycles. The van der Waals surface area contributed by atoms with Crippen LogP contribution in [0.2, 0.25) is 0 Å². The summed E-state index contributed by atoms with van der Waals surface area (Å²) in [6.45, 7) is 0.887. The van der Waals surface area contributed by atoms with Gasteiger partial charge in [0.25, 0.3) is 15.8 Å². The van der Waals surface area contributed by atoms with Crippen molar-refractivity contribution in [1.82, 2.24) is 14.8 Å². The van der Waals surface area contributed by atoms with E-state index in [9.17, 15) is 23.1 Å². The van der Waals surface area contributed by atoms with E-state index in [1.54, 1.807) is 10.9 Å². The van der Waals surface area contributed by atoms with Gasteiger partial charge in [0.15, 0.2) is 5.13 Å². The second-order valence-corrected chi connectivity index (χ2v) is 10.0. The summed E-state index contributed by atoms with van der Waals surface area (Å²) in [5.41, 5.74) is 2.94. The van der Waals surface area contributed by atoms with Crippen molar-refractivity contribution in [3.05, 3.63) is 64.5 Å². The third kappa shape index (κ3) is 3.61. The van der Waals surface area contributed by atoms with Crippen LogP contribution in [0.1, 0.15) is 11.5 Å². The maximum Gasteiger partial charge on any atom is 0.294 e. The summed E-state index contributed by atoms with van der Waals surface area (Å²) in [7, 11) is -2.63. The molecule has 0 radical (unpaired) electrons. The van der Waals surface area contributed by atoms with Crippen molar-refractivity contribution in [2.75, 3.05) is 18.0 Å². The lowest BCUT2D eigenvalue weighted by molar-refractivity contribution is -0.385. The van der Waals surface area contributed by atoms with E-state index >= 15 is 0 Å². The normalized spacial score (nSPS) is 14.6. The quantitative estimate of drug-likeness (QED) is 0.266. The Kier molecular flexibility index (Phi) is 4.73. The van der Waals surface area contributed by atoms with E-state index in [4.69, 9.17) is 0 Å². The lowest BCUT2D eigenvalue weighted by Gasteiger charge is -2.39.